The molecule has 0 amide bonds. The molecule has 166 valence electrons. The third-order valence-corrected chi connectivity index (χ3v) is 5.69. The van der Waals surface area contributed by atoms with E-state index >= 15 is 0 Å². The first-order valence-corrected chi connectivity index (χ1v) is 10.7. The molecule has 0 fully saturated rings. The maximum atomic E-state index is 13.1. The summed E-state index contributed by atoms with van der Waals surface area (Å²) in [6, 6.07) is 13.6. The average molecular weight is 432 g/mol. The molecule has 5 heteroatoms. The van der Waals surface area contributed by atoms with Crippen LogP contribution < -0.4 is 9.47 Å². The van der Waals surface area contributed by atoms with Crippen LogP contribution in [0.2, 0.25) is 0 Å². The molecule has 0 aromatic heterocycles. The van der Waals surface area contributed by atoms with E-state index in [2.05, 4.69) is 4.99 Å². The number of carbonyl (C=O) groups is 2. The molecule has 1 aliphatic rings. The van der Waals surface area contributed by atoms with Crippen molar-refractivity contribution in [2.45, 2.75) is 33.2 Å². The molecule has 0 saturated heterocycles. The highest BCUT2D eigenvalue weighted by Gasteiger charge is 2.33. The van der Waals surface area contributed by atoms with Gasteiger partial charge >= 0.3 is 0 Å². The minimum absolute atomic E-state index is 0.0264. The monoisotopic (exact) mass is 431 g/mol. The molecule has 3 rings (SSSR count). The first-order chi connectivity index (χ1) is 15.5. The number of carbonyl (C=O) groups excluding carboxylic acids is 2. The Balaban J connectivity index is 1.83. The Labute approximate surface area is 189 Å². The van der Waals surface area contributed by atoms with E-state index in [9.17, 15) is 9.59 Å². The zero-order chi connectivity index (χ0) is 23.1. The second kappa shape index (κ2) is 10.7. The van der Waals surface area contributed by atoms with Gasteiger partial charge in [0.15, 0.2) is 23.1 Å². The molecular formula is C27H29NO4. The summed E-state index contributed by atoms with van der Waals surface area (Å²) >= 11 is 0. The Morgan fingerprint density at radius 3 is 2.44 bits per heavy atom. The lowest BCUT2D eigenvalue weighted by molar-refractivity contribution is -0.113. The van der Waals surface area contributed by atoms with Gasteiger partial charge in [0, 0.05) is 23.3 Å². The number of ether oxygens (including phenoxy) is 2. The zero-order valence-electron chi connectivity index (χ0n) is 19.1. The summed E-state index contributed by atoms with van der Waals surface area (Å²) in [6.45, 7) is 3.95. The summed E-state index contributed by atoms with van der Waals surface area (Å²) in [5.74, 6) is 0.946. The van der Waals surface area contributed by atoms with E-state index in [0.29, 0.717) is 42.0 Å². The van der Waals surface area contributed by atoms with Gasteiger partial charge in [-0.1, -0.05) is 36.4 Å². The normalized spacial score (nSPS) is 16.4. The van der Waals surface area contributed by atoms with Crippen molar-refractivity contribution in [3.8, 4) is 11.5 Å². The second-order valence-corrected chi connectivity index (χ2v) is 7.76. The third kappa shape index (κ3) is 5.22. The fourth-order valence-corrected chi connectivity index (χ4v) is 4.09. The Morgan fingerprint density at radius 2 is 1.81 bits per heavy atom. The summed E-state index contributed by atoms with van der Waals surface area (Å²) in [4.78, 5) is 29.9. The van der Waals surface area contributed by atoms with Gasteiger partial charge in [-0.3, -0.25) is 14.6 Å². The molecule has 32 heavy (non-hydrogen) atoms. The third-order valence-electron chi connectivity index (χ3n) is 5.69. The molecule has 0 aliphatic heterocycles. The number of rotatable bonds is 9. The Kier molecular flexibility index (Phi) is 7.77. The van der Waals surface area contributed by atoms with Gasteiger partial charge in [0.25, 0.3) is 0 Å². The molecule has 1 atom stereocenters. The standard InChI is InChI=1S/C27H29NO4/c1-5-23(18(2)29)20(11-12-28-17-19-9-7-6-8-10-19)13-22-14-21-15-25(31-3)26(32-4)16-24(21)27(22)30/h5-12,15-16,22H,13-14,17H2,1-4H3/b20-11-,23-5-,28-12?. The summed E-state index contributed by atoms with van der Waals surface area (Å²) < 4.78 is 10.7. The number of fused-ring (bicyclic) bond motifs is 1. The molecule has 0 N–H and O–H groups in total. The van der Waals surface area contributed by atoms with Crippen molar-refractivity contribution >= 4 is 17.8 Å². The van der Waals surface area contributed by atoms with Crippen molar-refractivity contribution < 1.29 is 19.1 Å². The van der Waals surface area contributed by atoms with Crippen molar-refractivity contribution in [1.82, 2.24) is 0 Å². The number of hydrogen-bond donors (Lipinski definition) is 0. The molecule has 0 bridgehead atoms. The van der Waals surface area contributed by atoms with Gasteiger partial charge in [-0.15, -0.1) is 0 Å². The lowest BCUT2D eigenvalue weighted by atomic mass is 9.89. The van der Waals surface area contributed by atoms with E-state index in [1.54, 1.807) is 39.5 Å². The molecular weight excluding hydrogens is 402 g/mol. The van der Waals surface area contributed by atoms with Crippen molar-refractivity contribution in [3.05, 3.63) is 82.5 Å². The van der Waals surface area contributed by atoms with Gasteiger partial charge in [0.2, 0.25) is 0 Å². The Hall–Kier alpha value is -3.47. The number of nitrogens with zero attached hydrogens (tertiary/aromatic N) is 1. The minimum atomic E-state index is -0.245. The van der Waals surface area contributed by atoms with Crippen LogP contribution in [0.1, 0.15) is 41.8 Å². The van der Waals surface area contributed by atoms with Crippen LogP contribution in [0.5, 0.6) is 11.5 Å². The molecule has 1 aliphatic carbocycles. The van der Waals surface area contributed by atoms with Crippen LogP contribution in [-0.4, -0.2) is 32.0 Å². The largest absolute Gasteiger partial charge is 0.493 e. The second-order valence-electron chi connectivity index (χ2n) is 7.76. The fourth-order valence-electron chi connectivity index (χ4n) is 4.09. The molecule has 0 radical (unpaired) electrons. The van der Waals surface area contributed by atoms with E-state index < -0.39 is 0 Å². The van der Waals surface area contributed by atoms with Crippen molar-refractivity contribution in [2.75, 3.05) is 14.2 Å². The quantitative estimate of drug-likeness (QED) is 0.312. The average Bonchev–Trinajstić information content (AvgIpc) is 3.10. The highest BCUT2D eigenvalue weighted by atomic mass is 16.5. The fraction of sp³-hybridized carbons (Fsp3) is 0.296. The number of Topliss-reactive ketones (excluding diaryl/α,β-unsaturated/α-hetero) is 2. The highest BCUT2D eigenvalue weighted by molar-refractivity contribution is 6.04. The topological polar surface area (TPSA) is 65.0 Å². The van der Waals surface area contributed by atoms with Gasteiger partial charge in [-0.2, -0.15) is 0 Å². The van der Waals surface area contributed by atoms with Gasteiger partial charge in [-0.25, -0.2) is 0 Å². The first-order valence-electron chi connectivity index (χ1n) is 10.7. The van der Waals surface area contributed by atoms with E-state index in [1.165, 1.54) is 0 Å². The van der Waals surface area contributed by atoms with Crippen LogP contribution in [0.15, 0.2) is 70.8 Å². The van der Waals surface area contributed by atoms with E-state index in [-0.39, 0.29) is 17.5 Å². The van der Waals surface area contributed by atoms with Gasteiger partial charge in [0.05, 0.1) is 20.8 Å². The predicted octanol–water partition coefficient (Wildman–Crippen LogP) is 5.18. The molecule has 1 unspecified atom stereocenters. The SMILES string of the molecule is C/C=C(C(C)=O)\C(=C/C=NCc1ccccc1)CC1Cc2cc(OC)c(OC)cc2C1=O. The van der Waals surface area contributed by atoms with Crippen molar-refractivity contribution in [3.63, 3.8) is 0 Å². The minimum Gasteiger partial charge on any atom is -0.493 e. The smallest absolute Gasteiger partial charge is 0.167 e. The highest BCUT2D eigenvalue weighted by Crippen LogP contribution is 2.39. The predicted molar refractivity (Wildman–Crippen MR) is 127 cm³/mol. The van der Waals surface area contributed by atoms with Gasteiger partial charge in [0.1, 0.15) is 0 Å². The van der Waals surface area contributed by atoms with Crippen LogP contribution in [-0.2, 0) is 17.8 Å². The first kappa shape index (κ1) is 23.2. The van der Waals surface area contributed by atoms with Crippen LogP contribution in [0, 0.1) is 5.92 Å². The number of hydrogen-bond acceptors (Lipinski definition) is 5. The summed E-state index contributed by atoms with van der Waals surface area (Å²) in [6.07, 6.45) is 6.46. The summed E-state index contributed by atoms with van der Waals surface area (Å²) in [5, 5.41) is 0. The van der Waals surface area contributed by atoms with Gasteiger partial charge in [-0.05, 0) is 61.6 Å². The van der Waals surface area contributed by atoms with E-state index in [1.807, 2.05) is 49.4 Å². The number of aliphatic imine (C=N–C) groups is 1. The molecule has 2 aromatic rings. The zero-order valence-corrected chi connectivity index (χ0v) is 19.1. The maximum Gasteiger partial charge on any atom is 0.167 e. The molecule has 5 nitrogen and oxygen atoms in total. The molecule has 2 aromatic carbocycles. The molecule has 0 saturated carbocycles. The van der Waals surface area contributed by atoms with Crippen LogP contribution in [0.3, 0.4) is 0 Å². The lowest BCUT2D eigenvalue weighted by Gasteiger charge is -2.13. The summed E-state index contributed by atoms with van der Waals surface area (Å²) in [5.41, 5.74) is 4.16. The Morgan fingerprint density at radius 1 is 1.12 bits per heavy atom. The van der Waals surface area contributed by atoms with Crippen LogP contribution in [0.4, 0.5) is 0 Å². The number of ketones is 2. The molecule has 0 spiro atoms. The van der Waals surface area contributed by atoms with Gasteiger partial charge < -0.3 is 9.47 Å². The van der Waals surface area contributed by atoms with E-state index in [4.69, 9.17) is 9.47 Å². The lowest BCUT2D eigenvalue weighted by Crippen LogP contribution is -2.13. The summed E-state index contributed by atoms with van der Waals surface area (Å²) in [7, 11) is 3.14. The van der Waals surface area contributed by atoms with E-state index in [0.717, 1.165) is 16.7 Å². The number of benzene rings is 2. The number of methoxy groups -OCH3 is 2. The maximum absolute atomic E-state index is 13.1. The number of allylic oxidation sites excluding steroid dienone is 4. The van der Waals surface area contributed by atoms with Crippen molar-refractivity contribution in [1.29, 1.82) is 0 Å². The van der Waals surface area contributed by atoms with Crippen molar-refractivity contribution in [2.24, 2.45) is 10.9 Å². The van der Waals surface area contributed by atoms with Crippen LogP contribution >= 0.6 is 0 Å². The Bertz CT molecular complexity index is 1080. The molecule has 0 heterocycles. The van der Waals surface area contributed by atoms with Crippen LogP contribution in [0.25, 0.3) is 0 Å².